The number of benzene rings is 2. The van der Waals surface area contributed by atoms with Gasteiger partial charge < -0.3 is 0 Å². The Morgan fingerprint density at radius 1 is 1.10 bits per heavy atom. The Morgan fingerprint density at radius 3 is 2.40 bits per heavy atom. The summed E-state index contributed by atoms with van der Waals surface area (Å²) in [5.41, 5.74) is 0.515. The molecular formula is C15H14ClNO2S. The number of hydrogen-bond donors (Lipinski definition) is 0. The first kappa shape index (κ1) is 14.6. The van der Waals surface area contributed by atoms with Crippen molar-refractivity contribution in [1.82, 2.24) is 0 Å². The standard InChI is InChI=1S/C15H14ClNO2S/c1-2-11-17(14-8-6-7-13(16)12-14)20(18,19)15-9-4-3-5-10-15/h2-10,12H,1,11H2. The zero-order chi connectivity index (χ0) is 14.6. The number of anilines is 1. The van der Waals surface area contributed by atoms with Crippen LogP contribution in [0.4, 0.5) is 5.69 Å². The van der Waals surface area contributed by atoms with Crippen molar-refractivity contribution in [3.05, 3.63) is 72.3 Å². The van der Waals surface area contributed by atoms with Gasteiger partial charge in [0.15, 0.2) is 0 Å². The molecule has 3 nitrogen and oxygen atoms in total. The minimum absolute atomic E-state index is 0.178. The lowest BCUT2D eigenvalue weighted by Crippen LogP contribution is -2.31. The van der Waals surface area contributed by atoms with E-state index in [9.17, 15) is 8.42 Å². The van der Waals surface area contributed by atoms with Crippen LogP contribution in [-0.4, -0.2) is 15.0 Å². The summed E-state index contributed by atoms with van der Waals surface area (Å²) in [6.07, 6.45) is 1.54. The smallest absolute Gasteiger partial charge is 0.262 e. The predicted molar refractivity (Wildman–Crippen MR) is 82.6 cm³/mol. The Morgan fingerprint density at radius 2 is 1.80 bits per heavy atom. The van der Waals surface area contributed by atoms with Crippen molar-refractivity contribution in [2.75, 3.05) is 10.8 Å². The van der Waals surface area contributed by atoms with E-state index in [4.69, 9.17) is 11.6 Å². The highest BCUT2D eigenvalue weighted by atomic mass is 35.5. The number of rotatable bonds is 5. The third kappa shape index (κ3) is 3.03. The van der Waals surface area contributed by atoms with Gasteiger partial charge in [0.05, 0.1) is 17.1 Å². The normalized spacial score (nSPS) is 11.1. The monoisotopic (exact) mass is 307 g/mol. The molecule has 0 fully saturated rings. The highest BCUT2D eigenvalue weighted by molar-refractivity contribution is 7.92. The lowest BCUT2D eigenvalue weighted by atomic mass is 10.3. The van der Waals surface area contributed by atoms with Gasteiger partial charge in [0.25, 0.3) is 10.0 Å². The second-order valence-electron chi connectivity index (χ2n) is 4.12. The van der Waals surface area contributed by atoms with E-state index >= 15 is 0 Å². The molecule has 0 aliphatic rings. The van der Waals surface area contributed by atoms with E-state index in [1.54, 1.807) is 60.7 Å². The van der Waals surface area contributed by atoms with Crippen molar-refractivity contribution in [3.8, 4) is 0 Å². The molecule has 0 saturated heterocycles. The lowest BCUT2D eigenvalue weighted by Gasteiger charge is -2.23. The number of nitrogens with zero attached hydrogens (tertiary/aromatic N) is 1. The molecule has 2 rings (SSSR count). The first-order valence-electron chi connectivity index (χ1n) is 6.00. The molecule has 0 spiro atoms. The molecule has 0 radical (unpaired) electrons. The fourth-order valence-corrected chi connectivity index (χ4v) is 3.44. The Bertz CT molecular complexity index is 699. The Labute approximate surface area is 124 Å². The summed E-state index contributed by atoms with van der Waals surface area (Å²) >= 11 is 5.94. The van der Waals surface area contributed by atoms with E-state index in [2.05, 4.69) is 6.58 Å². The maximum atomic E-state index is 12.7. The number of sulfonamides is 1. The van der Waals surface area contributed by atoms with Gasteiger partial charge in [0, 0.05) is 5.02 Å². The van der Waals surface area contributed by atoms with Crippen LogP contribution in [0.3, 0.4) is 0 Å². The van der Waals surface area contributed by atoms with E-state index in [1.165, 1.54) is 4.31 Å². The summed E-state index contributed by atoms with van der Waals surface area (Å²) in [6.45, 7) is 3.79. The van der Waals surface area contributed by atoms with E-state index in [0.29, 0.717) is 10.7 Å². The zero-order valence-corrected chi connectivity index (χ0v) is 12.3. The van der Waals surface area contributed by atoms with Gasteiger partial charge in [-0.1, -0.05) is 41.9 Å². The van der Waals surface area contributed by atoms with Crippen LogP contribution in [0.25, 0.3) is 0 Å². The SMILES string of the molecule is C=CCN(c1cccc(Cl)c1)S(=O)(=O)c1ccccc1. The molecule has 5 heteroatoms. The summed E-state index contributed by atoms with van der Waals surface area (Å²) < 4.78 is 26.6. The predicted octanol–water partition coefficient (Wildman–Crippen LogP) is 3.72. The molecule has 0 amide bonds. The minimum Gasteiger partial charge on any atom is -0.262 e. The molecule has 0 heterocycles. The van der Waals surface area contributed by atoms with Crippen LogP contribution in [0.2, 0.25) is 5.02 Å². The van der Waals surface area contributed by atoms with E-state index < -0.39 is 10.0 Å². The largest absolute Gasteiger partial charge is 0.264 e. The summed E-state index contributed by atoms with van der Waals surface area (Å²) in [7, 11) is -3.63. The molecule has 0 N–H and O–H groups in total. The van der Waals surface area contributed by atoms with Crippen molar-refractivity contribution < 1.29 is 8.42 Å². The average molecular weight is 308 g/mol. The molecule has 0 atom stereocenters. The van der Waals surface area contributed by atoms with Gasteiger partial charge in [-0.3, -0.25) is 4.31 Å². The van der Waals surface area contributed by atoms with E-state index in [0.717, 1.165) is 0 Å². The Hall–Kier alpha value is -1.78. The third-order valence-corrected chi connectivity index (χ3v) is 4.77. The number of halogens is 1. The van der Waals surface area contributed by atoms with Gasteiger partial charge in [-0.25, -0.2) is 8.42 Å². The zero-order valence-electron chi connectivity index (χ0n) is 10.7. The molecule has 2 aromatic carbocycles. The third-order valence-electron chi connectivity index (χ3n) is 2.72. The second-order valence-corrected chi connectivity index (χ2v) is 6.42. The van der Waals surface area contributed by atoms with Crippen LogP contribution >= 0.6 is 11.6 Å². The molecule has 0 unspecified atom stereocenters. The average Bonchev–Trinajstić information content (AvgIpc) is 2.45. The van der Waals surface area contributed by atoms with E-state index in [-0.39, 0.29) is 11.4 Å². The molecule has 104 valence electrons. The van der Waals surface area contributed by atoms with Crippen LogP contribution in [0.5, 0.6) is 0 Å². The Kier molecular flexibility index (Phi) is 4.47. The van der Waals surface area contributed by atoms with Gasteiger partial charge in [0.1, 0.15) is 0 Å². The summed E-state index contributed by atoms with van der Waals surface area (Å²) in [5, 5.41) is 0.486. The van der Waals surface area contributed by atoms with Crippen LogP contribution in [0.1, 0.15) is 0 Å². The summed E-state index contributed by atoms with van der Waals surface area (Å²) in [5.74, 6) is 0. The van der Waals surface area contributed by atoms with E-state index in [1.807, 2.05) is 0 Å². The van der Waals surface area contributed by atoms with Gasteiger partial charge in [-0.2, -0.15) is 0 Å². The minimum atomic E-state index is -3.63. The van der Waals surface area contributed by atoms with Crippen molar-refractivity contribution in [1.29, 1.82) is 0 Å². The van der Waals surface area contributed by atoms with Crippen molar-refractivity contribution >= 4 is 27.3 Å². The quantitative estimate of drug-likeness (QED) is 0.789. The maximum absolute atomic E-state index is 12.7. The van der Waals surface area contributed by atoms with Gasteiger partial charge in [-0.15, -0.1) is 6.58 Å². The number of hydrogen-bond acceptors (Lipinski definition) is 2. The first-order valence-corrected chi connectivity index (χ1v) is 7.82. The molecule has 0 aliphatic heterocycles. The topological polar surface area (TPSA) is 37.4 Å². The molecule has 0 aliphatic carbocycles. The molecule has 0 bridgehead atoms. The second kappa shape index (κ2) is 6.11. The molecular weight excluding hydrogens is 294 g/mol. The van der Waals surface area contributed by atoms with Crippen LogP contribution in [0.15, 0.2) is 72.1 Å². The van der Waals surface area contributed by atoms with Crippen molar-refractivity contribution in [3.63, 3.8) is 0 Å². The molecule has 0 saturated carbocycles. The summed E-state index contributed by atoms with van der Waals surface area (Å²) in [4.78, 5) is 0.238. The van der Waals surface area contributed by atoms with Gasteiger partial charge in [0.2, 0.25) is 0 Å². The van der Waals surface area contributed by atoms with Crippen LogP contribution < -0.4 is 4.31 Å². The highest BCUT2D eigenvalue weighted by Gasteiger charge is 2.23. The van der Waals surface area contributed by atoms with Crippen molar-refractivity contribution in [2.24, 2.45) is 0 Å². The maximum Gasteiger partial charge on any atom is 0.264 e. The van der Waals surface area contributed by atoms with Crippen LogP contribution in [-0.2, 0) is 10.0 Å². The first-order chi connectivity index (χ1) is 9.55. The Balaban J connectivity index is 2.51. The molecule has 20 heavy (non-hydrogen) atoms. The fraction of sp³-hybridized carbons (Fsp3) is 0.0667. The fourth-order valence-electron chi connectivity index (χ4n) is 1.81. The highest BCUT2D eigenvalue weighted by Crippen LogP contribution is 2.25. The summed E-state index contributed by atoms with van der Waals surface area (Å²) in [6, 6.07) is 15.0. The van der Waals surface area contributed by atoms with Gasteiger partial charge >= 0.3 is 0 Å². The lowest BCUT2D eigenvalue weighted by molar-refractivity contribution is 0.593. The van der Waals surface area contributed by atoms with Gasteiger partial charge in [-0.05, 0) is 30.3 Å². The molecule has 2 aromatic rings. The molecule has 0 aromatic heterocycles. The van der Waals surface area contributed by atoms with Crippen LogP contribution in [0, 0.1) is 0 Å². The van der Waals surface area contributed by atoms with Crippen molar-refractivity contribution in [2.45, 2.75) is 4.90 Å².